The van der Waals surface area contributed by atoms with Crippen molar-refractivity contribution >= 4 is 44.3 Å². The van der Waals surface area contributed by atoms with Crippen LogP contribution in [0.4, 0.5) is 5.13 Å². The van der Waals surface area contributed by atoms with Crippen LogP contribution in [0.2, 0.25) is 5.02 Å². The number of aromatic nitrogens is 1. The zero-order valence-electron chi connectivity index (χ0n) is 17.9. The van der Waals surface area contributed by atoms with Crippen LogP contribution in [0.25, 0.3) is 10.2 Å². The zero-order valence-corrected chi connectivity index (χ0v) is 19.5. The molecule has 2 aromatic carbocycles. The van der Waals surface area contributed by atoms with Gasteiger partial charge in [0.15, 0.2) is 16.6 Å². The molecule has 0 bridgehead atoms. The topological polar surface area (TPSA) is 75.1 Å². The number of methoxy groups -OCH3 is 1. The molecule has 9 heteroatoms. The number of benzene rings is 2. The first-order chi connectivity index (χ1) is 15.5. The van der Waals surface area contributed by atoms with Gasteiger partial charge in [0.2, 0.25) is 0 Å². The lowest BCUT2D eigenvalue weighted by molar-refractivity contribution is -0.136. The Morgan fingerprint density at radius 2 is 2.03 bits per heavy atom. The minimum Gasteiger partial charge on any atom is -0.493 e. The molecule has 1 saturated heterocycles. The van der Waals surface area contributed by atoms with Crippen molar-refractivity contribution in [2.75, 3.05) is 51.3 Å². The average Bonchev–Trinajstić information content (AvgIpc) is 3.03. The molecule has 1 N–H and O–H groups in total. The number of anilines is 1. The minimum absolute atomic E-state index is 0.0414. The first-order valence-corrected chi connectivity index (χ1v) is 11.8. The Morgan fingerprint density at radius 3 is 2.84 bits per heavy atom. The summed E-state index contributed by atoms with van der Waals surface area (Å²) >= 11 is 7.80. The van der Waals surface area contributed by atoms with Gasteiger partial charge in [-0.3, -0.25) is 9.69 Å². The number of hydrogen-bond acceptors (Lipinski definition) is 7. The second kappa shape index (κ2) is 10.4. The zero-order chi connectivity index (χ0) is 22.5. The van der Waals surface area contributed by atoms with Gasteiger partial charge >= 0.3 is 5.97 Å². The van der Waals surface area contributed by atoms with Crippen LogP contribution in [-0.2, 0) is 11.2 Å². The fourth-order valence-electron chi connectivity index (χ4n) is 3.81. The summed E-state index contributed by atoms with van der Waals surface area (Å²) in [7, 11) is 1.58. The molecule has 0 unspecified atom stereocenters. The number of ether oxygens (including phenoxy) is 2. The molecular formula is C23H26ClN3O4S. The van der Waals surface area contributed by atoms with Crippen molar-refractivity contribution in [2.24, 2.45) is 0 Å². The summed E-state index contributed by atoms with van der Waals surface area (Å²) < 4.78 is 12.4. The van der Waals surface area contributed by atoms with Crippen LogP contribution >= 0.6 is 22.9 Å². The molecule has 32 heavy (non-hydrogen) atoms. The molecule has 0 saturated carbocycles. The first kappa shape index (κ1) is 22.6. The monoisotopic (exact) mass is 475 g/mol. The summed E-state index contributed by atoms with van der Waals surface area (Å²) in [5, 5.41) is 10.8. The van der Waals surface area contributed by atoms with Gasteiger partial charge in [-0.1, -0.05) is 29.0 Å². The molecular weight excluding hydrogens is 450 g/mol. The van der Waals surface area contributed by atoms with Crippen molar-refractivity contribution in [2.45, 2.75) is 12.8 Å². The smallest absolute Gasteiger partial charge is 0.307 e. The molecule has 0 atom stereocenters. The van der Waals surface area contributed by atoms with Gasteiger partial charge in [0.05, 0.1) is 23.7 Å². The number of carbonyl (C=O) groups is 1. The predicted molar refractivity (Wildman–Crippen MR) is 128 cm³/mol. The molecule has 2 heterocycles. The van der Waals surface area contributed by atoms with Gasteiger partial charge in [0, 0.05) is 37.7 Å². The highest BCUT2D eigenvalue weighted by Gasteiger charge is 2.18. The molecule has 3 aromatic rings. The number of carboxylic acids is 1. The van der Waals surface area contributed by atoms with Gasteiger partial charge in [-0.25, -0.2) is 4.98 Å². The lowest BCUT2D eigenvalue weighted by Gasteiger charge is -2.21. The SMILES string of the molecule is COc1ccc(CC(=O)O)cc1OCCN1CCCN(c2nc3ccc(Cl)cc3s2)CC1. The maximum absolute atomic E-state index is 11.0. The second-order valence-corrected chi connectivity index (χ2v) is 9.14. The van der Waals surface area contributed by atoms with E-state index in [2.05, 4.69) is 9.80 Å². The third kappa shape index (κ3) is 5.62. The van der Waals surface area contributed by atoms with Crippen LogP contribution < -0.4 is 14.4 Å². The summed E-state index contributed by atoms with van der Waals surface area (Å²) in [6.45, 7) is 5.09. The number of rotatable bonds is 8. The molecule has 1 aliphatic heterocycles. The summed E-state index contributed by atoms with van der Waals surface area (Å²) in [5.41, 5.74) is 1.68. The third-order valence-corrected chi connectivity index (χ3v) is 6.76. The van der Waals surface area contributed by atoms with E-state index in [1.807, 2.05) is 18.2 Å². The Hall–Kier alpha value is -2.55. The number of thiazole rings is 1. The van der Waals surface area contributed by atoms with Crippen LogP contribution in [0.3, 0.4) is 0 Å². The molecule has 4 rings (SSSR count). The molecule has 0 spiro atoms. The molecule has 1 aliphatic rings. The maximum Gasteiger partial charge on any atom is 0.307 e. The van der Waals surface area contributed by atoms with E-state index in [-0.39, 0.29) is 6.42 Å². The number of aliphatic carboxylic acids is 1. The van der Waals surface area contributed by atoms with Crippen LogP contribution in [0, 0.1) is 0 Å². The standard InChI is InChI=1S/C23H26ClN3O4S/c1-30-19-6-3-16(14-22(28)29)13-20(19)31-12-11-26-7-2-8-27(10-9-26)23-25-18-5-4-17(24)15-21(18)32-23/h3-6,13,15H,2,7-12,14H2,1H3,(H,28,29). The van der Waals surface area contributed by atoms with Crippen LogP contribution in [0.5, 0.6) is 11.5 Å². The molecule has 0 aliphatic carbocycles. The van der Waals surface area contributed by atoms with Crippen molar-refractivity contribution < 1.29 is 19.4 Å². The van der Waals surface area contributed by atoms with Gasteiger partial charge in [-0.15, -0.1) is 0 Å². The Morgan fingerprint density at radius 1 is 1.16 bits per heavy atom. The third-order valence-electron chi connectivity index (χ3n) is 5.45. The Balaban J connectivity index is 1.32. The quantitative estimate of drug-likeness (QED) is 0.523. The summed E-state index contributed by atoms with van der Waals surface area (Å²) in [4.78, 5) is 20.5. The lowest BCUT2D eigenvalue weighted by atomic mass is 10.1. The molecule has 170 valence electrons. The Labute approximate surface area is 196 Å². The summed E-state index contributed by atoms with van der Waals surface area (Å²) in [5.74, 6) is 0.319. The number of fused-ring (bicyclic) bond motifs is 1. The van der Waals surface area contributed by atoms with Crippen molar-refractivity contribution in [3.63, 3.8) is 0 Å². The van der Waals surface area contributed by atoms with E-state index in [4.69, 9.17) is 31.2 Å². The second-order valence-electron chi connectivity index (χ2n) is 7.69. The molecule has 1 aromatic heterocycles. The summed E-state index contributed by atoms with van der Waals surface area (Å²) in [6, 6.07) is 11.1. The van der Waals surface area contributed by atoms with Crippen LogP contribution in [0.1, 0.15) is 12.0 Å². The van der Waals surface area contributed by atoms with E-state index in [1.165, 1.54) is 0 Å². The number of carboxylic acid groups (broad SMARTS) is 1. The Kier molecular flexibility index (Phi) is 7.34. The first-order valence-electron chi connectivity index (χ1n) is 10.6. The van der Waals surface area contributed by atoms with E-state index in [0.717, 1.165) is 59.5 Å². The van der Waals surface area contributed by atoms with Crippen LogP contribution in [0.15, 0.2) is 36.4 Å². The Bertz CT molecular complexity index is 1090. The minimum atomic E-state index is -0.869. The molecule has 1 fully saturated rings. The highest BCUT2D eigenvalue weighted by atomic mass is 35.5. The maximum atomic E-state index is 11.0. The lowest BCUT2D eigenvalue weighted by Crippen LogP contribution is -2.33. The largest absolute Gasteiger partial charge is 0.493 e. The number of hydrogen-bond donors (Lipinski definition) is 1. The van der Waals surface area contributed by atoms with Crippen LogP contribution in [-0.4, -0.2) is 67.4 Å². The van der Waals surface area contributed by atoms with E-state index in [0.29, 0.717) is 23.7 Å². The average molecular weight is 476 g/mol. The van der Waals surface area contributed by atoms with E-state index < -0.39 is 5.97 Å². The number of nitrogens with zero attached hydrogens (tertiary/aromatic N) is 3. The molecule has 0 amide bonds. The normalized spacial score (nSPS) is 15.0. The van der Waals surface area contributed by atoms with Crippen molar-refractivity contribution in [3.05, 3.63) is 47.0 Å². The van der Waals surface area contributed by atoms with Gasteiger partial charge in [0.1, 0.15) is 6.61 Å². The van der Waals surface area contributed by atoms with Crippen molar-refractivity contribution in [1.82, 2.24) is 9.88 Å². The van der Waals surface area contributed by atoms with Gasteiger partial charge in [-0.05, 0) is 42.3 Å². The highest BCUT2D eigenvalue weighted by Crippen LogP contribution is 2.31. The fraction of sp³-hybridized carbons (Fsp3) is 0.391. The van der Waals surface area contributed by atoms with Gasteiger partial charge in [-0.2, -0.15) is 0 Å². The summed E-state index contributed by atoms with van der Waals surface area (Å²) in [6.07, 6.45) is 1.01. The highest BCUT2D eigenvalue weighted by molar-refractivity contribution is 7.22. The fourth-order valence-corrected chi connectivity index (χ4v) is 5.10. The predicted octanol–water partition coefficient (Wildman–Crippen LogP) is 4.18. The van der Waals surface area contributed by atoms with Gasteiger partial charge in [0.25, 0.3) is 0 Å². The molecule has 0 radical (unpaired) electrons. The van der Waals surface area contributed by atoms with Crippen molar-refractivity contribution in [3.8, 4) is 11.5 Å². The number of halogens is 1. The van der Waals surface area contributed by atoms with Gasteiger partial charge < -0.3 is 19.5 Å². The van der Waals surface area contributed by atoms with E-state index in [1.54, 1.807) is 36.6 Å². The van der Waals surface area contributed by atoms with E-state index >= 15 is 0 Å². The molecule has 7 nitrogen and oxygen atoms in total. The van der Waals surface area contributed by atoms with E-state index in [9.17, 15) is 4.79 Å². The van der Waals surface area contributed by atoms with Crippen molar-refractivity contribution in [1.29, 1.82) is 0 Å².